The second-order valence-electron chi connectivity index (χ2n) is 3.70. The van der Waals surface area contributed by atoms with Gasteiger partial charge < -0.3 is 0 Å². The number of benzene rings is 1. The highest BCUT2D eigenvalue weighted by atomic mass is 16.1. The summed E-state index contributed by atoms with van der Waals surface area (Å²) in [5.74, 6) is 0.673. The third-order valence-electron chi connectivity index (χ3n) is 2.39. The highest BCUT2D eigenvalue weighted by Gasteiger charge is 2.05. The molecule has 4 heteroatoms. The Labute approximate surface area is 87.6 Å². The van der Waals surface area contributed by atoms with E-state index in [-0.39, 0.29) is 5.69 Å². The van der Waals surface area contributed by atoms with Gasteiger partial charge in [-0.15, -0.1) is 0 Å². The van der Waals surface area contributed by atoms with E-state index in [9.17, 15) is 4.79 Å². The standard InChI is InChI=1S/C11H13N3O/c1-7-4-5-10(8(2)6-7)14-9(3)12-11(15)13-14/h4-6H,1-3H3,(H,13,15). The van der Waals surface area contributed by atoms with E-state index < -0.39 is 0 Å². The maximum absolute atomic E-state index is 11.1. The van der Waals surface area contributed by atoms with E-state index in [0.29, 0.717) is 5.82 Å². The molecule has 0 unspecified atom stereocenters. The number of H-pyrrole nitrogens is 1. The molecule has 1 N–H and O–H groups in total. The molecule has 1 aromatic heterocycles. The first-order valence-electron chi connectivity index (χ1n) is 4.81. The Morgan fingerprint density at radius 1 is 1.27 bits per heavy atom. The summed E-state index contributed by atoms with van der Waals surface area (Å²) in [6.45, 7) is 5.86. The Kier molecular flexibility index (Phi) is 2.19. The van der Waals surface area contributed by atoms with Crippen LogP contribution >= 0.6 is 0 Å². The quantitative estimate of drug-likeness (QED) is 0.763. The predicted octanol–water partition coefficient (Wildman–Crippen LogP) is 1.49. The van der Waals surface area contributed by atoms with Gasteiger partial charge in [-0.05, 0) is 32.4 Å². The van der Waals surface area contributed by atoms with Crippen molar-refractivity contribution >= 4 is 0 Å². The summed E-state index contributed by atoms with van der Waals surface area (Å²) in [6, 6.07) is 6.07. The monoisotopic (exact) mass is 203 g/mol. The van der Waals surface area contributed by atoms with Crippen molar-refractivity contribution in [1.29, 1.82) is 0 Å². The van der Waals surface area contributed by atoms with E-state index in [0.717, 1.165) is 11.3 Å². The number of aromatic nitrogens is 3. The first kappa shape index (κ1) is 9.71. The lowest BCUT2D eigenvalue weighted by atomic mass is 10.1. The molecule has 4 nitrogen and oxygen atoms in total. The van der Waals surface area contributed by atoms with Gasteiger partial charge in [0.15, 0.2) is 0 Å². The molecule has 0 saturated carbocycles. The van der Waals surface area contributed by atoms with Crippen molar-refractivity contribution in [3.63, 3.8) is 0 Å². The van der Waals surface area contributed by atoms with Crippen LogP contribution in [0.5, 0.6) is 0 Å². The van der Waals surface area contributed by atoms with E-state index in [1.165, 1.54) is 5.56 Å². The van der Waals surface area contributed by atoms with Gasteiger partial charge >= 0.3 is 5.69 Å². The molecule has 2 rings (SSSR count). The van der Waals surface area contributed by atoms with Gasteiger partial charge in [0.25, 0.3) is 0 Å². The van der Waals surface area contributed by atoms with Gasteiger partial charge in [0.05, 0.1) is 5.69 Å². The Morgan fingerprint density at radius 2 is 2.00 bits per heavy atom. The van der Waals surface area contributed by atoms with E-state index in [4.69, 9.17) is 0 Å². The first-order valence-corrected chi connectivity index (χ1v) is 4.81. The highest BCUT2D eigenvalue weighted by Crippen LogP contribution is 2.14. The van der Waals surface area contributed by atoms with Crippen LogP contribution in [0.4, 0.5) is 0 Å². The summed E-state index contributed by atoms with van der Waals surface area (Å²) < 4.78 is 1.71. The molecule has 0 amide bonds. The minimum absolute atomic E-state index is 0.313. The van der Waals surface area contributed by atoms with Crippen LogP contribution in [0.3, 0.4) is 0 Å². The third kappa shape index (κ3) is 1.70. The number of hydrogen-bond acceptors (Lipinski definition) is 2. The zero-order valence-corrected chi connectivity index (χ0v) is 9.03. The van der Waals surface area contributed by atoms with Crippen molar-refractivity contribution in [1.82, 2.24) is 14.8 Å². The topological polar surface area (TPSA) is 50.7 Å². The molecular weight excluding hydrogens is 190 g/mol. The van der Waals surface area contributed by atoms with E-state index in [1.807, 2.05) is 26.0 Å². The van der Waals surface area contributed by atoms with Crippen molar-refractivity contribution in [2.24, 2.45) is 0 Å². The van der Waals surface area contributed by atoms with Gasteiger partial charge in [0.2, 0.25) is 0 Å². The Morgan fingerprint density at radius 3 is 2.53 bits per heavy atom. The van der Waals surface area contributed by atoms with Crippen molar-refractivity contribution in [2.45, 2.75) is 20.8 Å². The smallest absolute Gasteiger partial charge is 0.244 e. The SMILES string of the molecule is Cc1ccc(-n2[nH]c(=O)nc2C)c(C)c1. The first-order chi connectivity index (χ1) is 7.08. The molecule has 0 saturated heterocycles. The normalized spacial score (nSPS) is 10.6. The number of nitrogens with one attached hydrogen (secondary N) is 1. The Hall–Kier alpha value is -1.84. The van der Waals surface area contributed by atoms with Crippen molar-refractivity contribution in [3.05, 3.63) is 45.6 Å². The van der Waals surface area contributed by atoms with Crippen LogP contribution in [0, 0.1) is 20.8 Å². The molecule has 0 spiro atoms. The van der Waals surface area contributed by atoms with Gasteiger partial charge in [-0.1, -0.05) is 17.7 Å². The summed E-state index contributed by atoms with van der Waals surface area (Å²) in [4.78, 5) is 14.9. The second kappa shape index (κ2) is 3.38. The molecule has 0 fully saturated rings. The molecule has 0 radical (unpaired) electrons. The largest absolute Gasteiger partial charge is 0.361 e. The van der Waals surface area contributed by atoms with Crippen LogP contribution in [0.25, 0.3) is 5.69 Å². The Balaban J connectivity index is 2.64. The maximum atomic E-state index is 11.1. The molecule has 1 aromatic carbocycles. The molecule has 0 aliphatic heterocycles. The van der Waals surface area contributed by atoms with Gasteiger partial charge in [-0.25, -0.2) is 14.6 Å². The minimum atomic E-state index is -0.313. The van der Waals surface area contributed by atoms with Crippen LogP contribution in [-0.4, -0.2) is 14.8 Å². The maximum Gasteiger partial charge on any atom is 0.361 e. The van der Waals surface area contributed by atoms with Gasteiger partial charge in [-0.3, -0.25) is 0 Å². The van der Waals surface area contributed by atoms with Crippen LogP contribution in [0.15, 0.2) is 23.0 Å². The zero-order valence-electron chi connectivity index (χ0n) is 9.03. The summed E-state index contributed by atoms with van der Waals surface area (Å²) in [5.41, 5.74) is 2.98. The fourth-order valence-electron chi connectivity index (χ4n) is 1.69. The molecule has 2 aromatic rings. The van der Waals surface area contributed by atoms with E-state index in [1.54, 1.807) is 11.6 Å². The fourth-order valence-corrected chi connectivity index (χ4v) is 1.69. The lowest BCUT2D eigenvalue weighted by Crippen LogP contribution is -2.06. The number of rotatable bonds is 1. The van der Waals surface area contributed by atoms with Crippen LogP contribution < -0.4 is 5.69 Å². The van der Waals surface area contributed by atoms with Gasteiger partial charge in [0, 0.05) is 0 Å². The lowest BCUT2D eigenvalue weighted by Gasteiger charge is -2.08. The van der Waals surface area contributed by atoms with E-state index in [2.05, 4.69) is 16.1 Å². The number of aryl methyl sites for hydroxylation is 3. The van der Waals surface area contributed by atoms with Crippen molar-refractivity contribution in [2.75, 3.05) is 0 Å². The summed E-state index contributed by atoms with van der Waals surface area (Å²) in [7, 11) is 0. The average molecular weight is 203 g/mol. The van der Waals surface area contributed by atoms with Crippen LogP contribution in [-0.2, 0) is 0 Å². The molecule has 78 valence electrons. The molecule has 15 heavy (non-hydrogen) atoms. The molecular formula is C11H13N3O. The highest BCUT2D eigenvalue weighted by molar-refractivity contribution is 5.42. The van der Waals surface area contributed by atoms with Crippen molar-refractivity contribution in [3.8, 4) is 5.69 Å². The van der Waals surface area contributed by atoms with Crippen molar-refractivity contribution < 1.29 is 0 Å². The molecule has 0 atom stereocenters. The average Bonchev–Trinajstić information content (AvgIpc) is 2.45. The summed E-state index contributed by atoms with van der Waals surface area (Å²) >= 11 is 0. The van der Waals surface area contributed by atoms with Gasteiger partial charge in [0.1, 0.15) is 5.82 Å². The van der Waals surface area contributed by atoms with Gasteiger partial charge in [-0.2, -0.15) is 4.98 Å². The molecule has 1 heterocycles. The number of hydrogen-bond donors (Lipinski definition) is 1. The summed E-state index contributed by atoms with van der Waals surface area (Å²) in [6.07, 6.45) is 0. The third-order valence-corrected chi connectivity index (χ3v) is 2.39. The summed E-state index contributed by atoms with van der Waals surface area (Å²) in [5, 5.41) is 2.67. The van der Waals surface area contributed by atoms with E-state index >= 15 is 0 Å². The zero-order chi connectivity index (χ0) is 11.0. The lowest BCUT2D eigenvalue weighted by molar-refractivity contribution is 0.825. The number of aromatic amines is 1. The Bertz CT molecular complexity index is 551. The molecule has 0 bridgehead atoms. The fraction of sp³-hybridized carbons (Fsp3) is 0.273. The van der Waals surface area contributed by atoms with Crippen LogP contribution in [0.2, 0.25) is 0 Å². The number of nitrogens with zero attached hydrogens (tertiary/aromatic N) is 2. The second-order valence-corrected chi connectivity index (χ2v) is 3.70. The molecule has 0 aliphatic carbocycles. The predicted molar refractivity (Wildman–Crippen MR) is 58.4 cm³/mol. The minimum Gasteiger partial charge on any atom is -0.244 e. The van der Waals surface area contributed by atoms with Crippen LogP contribution in [0.1, 0.15) is 17.0 Å². The molecule has 0 aliphatic rings.